The summed E-state index contributed by atoms with van der Waals surface area (Å²) in [5, 5.41) is 6.04. The number of hydrogen-bond donors (Lipinski definition) is 2. The van der Waals surface area contributed by atoms with Crippen LogP contribution < -0.4 is 10.6 Å². The van der Waals surface area contributed by atoms with Crippen LogP contribution in [0.1, 0.15) is 12.8 Å². The van der Waals surface area contributed by atoms with Crippen molar-refractivity contribution >= 4 is 27.5 Å². The zero-order chi connectivity index (χ0) is 13.7. The van der Waals surface area contributed by atoms with Crippen molar-refractivity contribution in [3.8, 4) is 0 Å². The summed E-state index contributed by atoms with van der Waals surface area (Å²) in [6.07, 6.45) is 2.64. The van der Waals surface area contributed by atoms with Crippen LogP contribution in [0.4, 0.5) is 5.69 Å². The highest BCUT2D eigenvalue weighted by molar-refractivity contribution is 9.10. The van der Waals surface area contributed by atoms with E-state index in [1.54, 1.807) is 0 Å². The van der Waals surface area contributed by atoms with Crippen LogP contribution in [0.2, 0.25) is 0 Å². The third kappa shape index (κ3) is 4.93. The van der Waals surface area contributed by atoms with Gasteiger partial charge in [0.15, 0.2) is 0 Å². The van der Waals surface area contributed by atoms with Crippen LogP contribution in [0.15, 0.2) is 28.7 Å². The van der Waals surface area contributed by atoms with Crippen LogP contribution in [0.3, 0.4) is 0 Å². The number of halogens is 1. The van der Waals surface area contributed by atoms with Crippen LogP contribution in [-0.4, -0.2) is 43.5 Å². The fourth-order valence-electron chi connectivity index (χ4n) is 1.91. The third-order valence-electron chi connectivity index (χ3n) is 3.25. The summed E-state index contributed by atoms with van der Waals surface area (Å²) >= 11 is 3.41. The van der Waals surface area contributed by atoms with Gasteiger partial charge >= 0.3 is 0 Å². The molecule has 1 fully saturated rings. The molecule has 0 spiro atoms. The van der Waals surface area contributed by atoms with Crippen LogP contribution >= 0.6 is 15.9 Å². The predicted octanol–water partition coefficient (Wildman–Crippen LogP) is 2.07. The van der Waals surface area contributed by atoms with Crippen LogP contribution in [0.25, 0.3) is 0 Å². The van der Waals surface area contributed by atoms with E-state index in [9.17, 15) is 4.79 Å². The van der Waals surface area contributed by atoms with E-state index in [4.69, 9.17) is 0 Å². The van der Waals surface area contributed by atoms with Crippen LogP contribution in [0, 0.1) is 0 Å². The van der Waals surface area contributed by atoms with Crippen molar-refractivity contribution in [2.45, 2.75) is 18.9 Å². The molecule has 0 bridgehead atoms. The molecule has 104 valence electrons. The third-order valence-corrected chi connectivity index (χ3v) is 3.94. The van der Waals surface area contributed by atoms with Crippen molar-refractivity contribution in [3.63, 3.8) is 0 Å². The highest BCUT2D eigenvalue weighted by Crippen LogP contribution is 2.24. The second kappa shape index (κ2) is 7.03. The van der Waals surface area contributed by atoms with Crippen molar-refractivity contribution in [1.82, 2.24) is 10.2 Å². The summed E-state index contributed by atoms with van der Waals surface area (Å²) in [5.41, 5.74) is 0.810. The van der Waals surface area contributed by atoms with Gasteiger partial charge in [-0.3, -0.25) is 4.79 Å². The minimum absolute atomic E-state index is 0.0130. The molecular weight excluding hydrogens is 306 g/mol. The Balaban J connectivity index is 1.63. The molecule has 2 N–H and O–H groups in total. The number of hydrogen-bond acceptors (Lipinski definition) is 3. The topological polar surface area (TPSA) is 44.4 Å². The first kappa shape index (κ1) is 14.5. The first-order valence-electron chi connectivity index (χ1n) is 6.62. The first-order valence-corrected chi connectivity index (χ1v) is 7.41. The highest BCUT2D eigenvalue weighted by Gasteiger charge is 2.25. The van der Waals surface area contributed by atoms with Gasteiger partial charge in [0.05, 0.1) is 12.2 Å². The molecule has 0 saturated heterocycles. The first-order chi connectivity index (χ1) is 9.16. The lowest BCUT2D eigenvalue weighted by Crippen LogP contribution is -2.35. The van der Waals surface area contributed by atoms with Crippen molar-refractivity contribution < 1.29 is 4.79 Å². The smallest absolute Gasteiger partial charge is 0.238 e. The number of rotatable bonds is 7. The number of benzene rings is 1. The van der Waals surface area contributed by atoms with Gasteiger partial charge < -0.3 is 15.5 Å². The van der Waals surface area contributed by atoms with E-state index in [-0.39, 0.29) is 5.91 Å². The lowest BCUT2D eigenvalue weighted by molar-refractivity contribution is -0.115. The minimum Gasteiger partial charge on any atom is -0.324 e. The van der Waals surface area contributed by atoms with Crippen molar-refractivity contribution in [1.29, 1.82) is 0 Å². The molecule has 1 aromatic rings. The monoisotopic (exact) mass is 325 g/mol. The van der Waals surface area contributed by atoms with Gasteiger partial charge in [-0.15, -0.1) is 0 Å². The zero-order valence-electron chi connectivity index (χ0n) is 11.2. The Kier molecular flexibility index (Phi) is 5.36. The second-order valence-corrected chi connectivity index (χ2v) is 5.77. The summed E-state index contributed by atoms with van der Waals surface area (Å²) in [6.45, 7) is 2.18. The molecule has 2 rings (SSSR count). The maximum Gasteiger partial charge on any atom is 0.238 e. The number of carbonyl (C=O) groups excluding carboxylic acids is 1. The molecular formula is C14H20BrN3O. The Labute approximate surface area is 122 Å². The van der Waals surface area contributed by atoms with E-state index in [0.29, 0.717) is 6.54 Å². The van der Waals surface area contributed by atoms with E-state index in [2.05, 4.69) is 38.5 Å². The van der Waals surface area contributed by atoms with Crippen molar-refractivity contribution in [2.24, 2.45) is 0 Å². The summed E-state index contributed by atoms with van der Waals surface area (Å²) in [7, 11) is 2.14. The number of likely N-dealkylation sites (N-methyl/N-ethyl adjacent to an activating group) is 1. The van der Waals surface area contributed by atoms with Gasteiger partial charge in [-0.1, -0.05) is 12.1 Å². The van der Waals surface area contributed by atoms with Crippen LogP contribution in [-0.2, 0) is 4.79 Å². The molecule has 1 amide bonds. The normalized spacial score (nSPS) is 14.7. The second-order valence-electron chi connectivity index (χ2n) is 4.92. The molecule has 5 heteroatoms. The standard InChI is InChI=1S/C14H20BrN3O/c1-18(11-6-7-11)9-8-16-10-14(19)17-13-5-3-2-4-12(13)15/h2-5,11,16H,6-10H2,1H3,(H,17,19). The maximum absolute atomic E-state index is 11.7. The number of carbonyl (C=O) groups is 1. The number of anilines is 1. The van der Waals surface area contributed by atoms with Gasteiger partial charge in [0.25, 0.3) is 0 Å². The quantitative estimate of drug-likeness (QED) is 0.754. The van der Waals surface area contributed by atoms with Gasteiger partial charge in [0, 0.05) is 23.6 Å². The Morgan fingerprint density at radius 2 is 2.16 bits per heavy atom. The molecule has 19 heavy (non-hydrogen) atoms. The molecule has 1 aliphatic carbocycles. The molecule has 1 aromatic carbocycles. The highest BCUT2D eigenvalue weighted by atomic mass is 79.9. The van der Waals surface area contributed by atoms with E-state index in [1.165, 1.54) is 12.8 Å². The summed E-state index contributed by atoms with van der Waals surface area (Å²) in [5.74, 6) is -0.0130. The summed E-state index contributed by atoms with van der Waals surface area (Å²) < 4.78 is 0.900. The Morgan fingerprint density at radius 1 is 1.42 bits per heavy atom. The molecule has 1 aliphatic rings. The number of nitrogens with one attached hydrogen (secondary N) is 2. The average Bonchev–Trinajstić information content (AvgIpc) is 3.21. The van der Waals surface area contributed by atoms with E-state index >= 15 is 0 Å². The Morgan fingerprint density at radius 3 is 2.84 bits per heavy atom. The molecule has 0 heterocycles. The summed E-state index contributed by atoms with van der Waals surface area (Å²) in [4.78, 5) is 14.1. The predicted molar refractivity (Wildman–Crippen MR) is 81.3 cm³/mol. The fourth-order valence-corrected chi connectivity index (χ4v) is 2.30. The Bertz CT molecular complexity index is 434. The minimum atomic E-state index is -0.0130. The van der Waals surface area contributed by atoms with Gasteiger partial charge in [-0.05, 0) is 48.0 Å². The maximum atomic E-state index is 11.7. The largest absolute Gasteiger partial charge is 0.324 e. The Hall–Kier alpha value is -0.910. The van der Waals surface area contributed by atoms with E-state index < -0.39 is 0 Å². The van der Waals surface area contributed by atoms with Crippen molar-refractivity contribution in [2.75, 3.05) is 32.0 Å². The summed E-state index contributed by atoms with van der Waals surface area (Å²) in [6, 6.07) is 8.39. The molecule has 0 aliphatic heterocycles. The van der Waals surface area contributed by atoms with E-state index in [1.807, 2.05) is 24.3 Å². The lowest BCUT2D eigenvalue weighted by Gasteiger charge is -2.15. The number of amides is 1. The molecule has 0 atom stereocenters. The number of nitrogens with zero attached hydrogens (tertiary/aromatic N) is 1. The SMILES string of the molecule is CN(CCNCC(=O)Nc1ccccc1Br)C1CC1. The van der Waals surface area contributed by atoms with Crippen molar-refractivity contribution in [3.05, 3.63) is 28.7 Å². The van der Waals surface area contributed by atoms with Crippen LogP contribution in [0.5, 0.6) is 0 Å². The average molecular weight is 326 g/mol. The van der Waals surface area contributed by atoms with Gasteiger partial charge in [-0.25, -0.2) is 0 Å². The molecule has 0 aromatic heterocycles. The van der Waals surface area contributed by atoms with Gasteiger partial charge in [0.1, 0.15) is 0 Å². The van der Waals surface area contributed by atoms with Gasteiger partial charge in [-0.2, -0.15) is 0 Å². The lowest BCUT2D eigenvalue weighted by atomic mass is 10.3. The zero-order valence-corrected chi connectivity index (χ0v) is 12.7. The number of para-hydroxylation sites is 1. The molecule has 0 unspecified atom stereocenters. The molecule has 1 saturated carbocycles. The van der Waals surface area contributed by atoms with Gasteiger partial charge in [0.2, 0.25) is 5.91 Å². The molecule has 0 radical (unpaired) electrons. The van der Waals surface area contributed by atoms with E-state index in [0.717, 1.165) is 29.3 Å². The fraction of sp³-hybridized carbons (Fsp3) is 0.500. The molecule has 4 nitrogen and oxygen atoms in total.